The largest absolute Gasteiger partial charge is 0.352 e. The van der Waals surface area contributed by atoms with E-state index in [-0.39, 0.29) is 16.6 Å². The van der Waals surface area contributed by atoms with Gasteiger partial charge >= 0.3 is 0 Å². The van der Waals surface area contributed by atoms with Crippen molar-refractivity contribution in [3.05, 3.63) is 71.0 Å². The summed E-state index contributed by atoms with van der Waals surface area (Å²) in [6, 6.07) is 12.4. The number of rotatable bonds is 6. The van der Waals surface area contributed by atoms with Crippen molar-refractivity contribution in [3.63, 3.8) is 0 Å². The third kappa shape index (κ3) is 5.51. The minimum Gasteiger partial charge on any atom is -0.352 e. The lowest BCUT2D eigenvalue weighted by atomic mass is 10.1. The highest BCUT2D eigenvalue weighted by Gasteiger charge is 2.08. The molecule has 25 heavy (non-hydrogen) atoms. The van der Waals surface area contributed by atoms with Crippen LogP contribution in [0.1, 0.15) is 18.1 Å². The Bertz CT molecular complexity index is 891. The first-order valence-electron chi connectivity index (χ1n) is 7.60. The molecule has 2 aromatic carbocycles. The third-order valence-corrected chi connectivity index (χ3v) is 4.52. The van der Waals surface area contributed by atoms with Gasteiger partial charge in [-0.05, 0) is 43.2 Å². The van der Waals surface area contributed by atoms with Crippen LogP contribution in [-0.2, 0) is 21.2 Å². The molecule has 0 radical (unpaired) electrons. The molecule has 0 aliphatic heterocycles. The number of hydrogen-bond acceptors (Lipinski definition) is 3. The van der Waals surface area contributed by atoms with Crippen LogP contribution in [0, 0.1) is 5.82 Å². The van der Waals surface area contributed by atoms with E-state index in [9.17, 15) is 17.6 Å². The maximum Gasteiger partial charge on any atom is 0.246 e. The van der Waals surface area contributed by atoms with E-state index in [0.717, 1.165) is 5.56 Å². The van der Waals surface area contributed by atoms with Crippen molar-refractivity contribution in [1.82, 2.24) is 5.32 Å². The van der Waals surface area contributed by atoms with Crippen molar-refractivity contribution in [3.8, 4) is 0 Å². The summed E-state index contributed by atoms with van der Waals surface area (Å²) in [6.45, 7) is 1.98. The van der Waals surface area contributed by atoms with E-state index < -0.39 is 10.0 Å². The van der Waals surface area contributed by atoms with Crippen LogP contribution in [0.15, 0.2) is 59.0 Å². The Morgan fingerprint density at radius 2 is 1.80 bits per heavy atom. The van der Waals surface area contributed by atoms with Crippen molar-refractivity contribution in [2.45, 2.75) is 18.2 Å². The van der Waals surface area contributed by atoms with Crippen LogP contribution in [0.3, 0.4) is 0 Å². The highest BCUT2D eigenvalue weighted by molar-refractivity contribution is 7.89. The molecule has 132 valence electrons. The van der Waals surface area contributed by atoms with Gasteiger partial charge in [-0.1, -0.05) is 30.3 Å². The second-order valence-electron chi connectivity index (χ2n) is 5.54. The van der Waals surface area contributed by atoms with E-state index in [1.807, 2.05) is 0 Å². The number of amides is 1. The second kappa shape index (κ2) is 8.04. The van der Waals surface area contributed by atoms with Crippen molar-refractivity contribution in [1.29, 1.82) is 0 Å². The van der Waals surface area contributed by atoms with E-state index in [4.69, 9.17) is 5.14 Å². The average molecular weight is 362 g/mol. The van der Waals surface area contributed by atoms with E-state index in [1.54, 1.807) is 37.3 Å². The summed E-state index contributed by atoms with van der Waals surface area (Å²) in [4.78, 5) is 12.1. The number of carbonyl (C=O) groups excluding carboxylic acids is 1. The molecule has 1 amide bonds. The van der Waals surface area contributed by atoms with Crippen LogP contribution < -0.4 is 10.5 Å². The molecule has 0 fully saturated rings. The smallest absolute Gasteiger partial charge is 0.246 e. The topological polar surface area (TPSA) is 89.3 Å². The van der Waals surface area contributed by atoms with Gasteiger partial charge in [0.25, 0.3) is 0 Å². The maximum atomic E-state index is 13.6. The van der Waals surface area contributed by atoms with Gasteiger partial charge in [-0.3, -0.25) is 4.79 Å². The van der Waals surface area contributed by atoms with Crippen molar-refractivity contribution < 1.29 is 17.6 Å². The summed E-state index contributed by atoms with van der Waals surface area (Å²) in [5, 5.41) is 7.78. The quantitative estimate of drug-likeness (QED) is 0.772. The Kier molecular flexibility index (Phi) is 6.06. The predicted octanol–water partition coefficient (Wildman–Crippen LogP) is 2.24. The molecule has 3 N–H and O–H groups in total. The number of benzene rings is 2. The normalized spacial score (nSPS) is 12.0. The Morgan fingerprint density at radius 3 is 2.40 bits per heavy atom. The molecule has 2 aromatic rings. The summed E-state index contributed by atoms with van der Waals surface area (Å²) in [6.07, 6.45) is 2.02. The standard InChI is InChI=1S/C18H19FN2O3S/c1-13(12-15-4-2-3-5-17(15)19)18(22)21-11-10-14-6-8-16(9-7-14)25(20,23)24/h2-9,12H,10-11H2,1H3,(H,21,22)(H2,20,23,24)/b13-12+. The first-order valence-corrected chi connectivity index (χ1v) is 9.15. The predicted molar refractivity (Wildman–Crippen MR) is 94.6 cm³/mol. The molecule has 0 saturated heterocycles. The highest BCUT2D eigenvalue weighted by Crippen LogP contribution is 2.12. The zero-order valence-corrected chi connectivity index (χ0v) is 14.5. The zero-order chi connectivity index (χ0) is 18.4. The van der Waals surface area contributed by atoms with E-state index >= 15 is 0 Å². The van der Waals surface area contributed by atoms with Crippen LogP contribution >= 0.6 is 0 Å². The SMILES string of the molecule is C/C(=C\c1ccccc1F)C(=O)NCCc1ccc(S(N)(=O)=O)cc1. The molecule has 0 aromatic heterocycles. The van der Waals surface area contributed by atoms with Gasteiger partial charge < -0.3 is 5.32 Å². The molecular weight excluding hydrogens is 343 g/mol. The molecule has 0 heterocycles. The fraction of sp³-hybridized carbons (Fsp3) is 0.167. The molecule has 0 bridgehead atoms. The van der Waals surface area contributed by atoms with Gasteiger partial charge in [-0.2, -0.15) is 0 Å². The first-order chi connectivity index (χ1) is 11.8. The van der Waals surface area contributed by atoms with Crippen LogP contribution in [0.5, 0.6) is 0 Å². The molecule has 0 spiro atoms. The second-order valence-corrected chi connectivity index (χ2v) is 7.11. The number of halogens is 1. The minimum absolute atomic E-state index is 0.0453. The molecule has 0 aliphatic carbocycles. The molecule has 7 heteroatoms. The lowest BCUT2D eigenvalue weighted by Gasteiger charge is -2.07. The summed E-state index contributed by atoms with van der Waals surface area (Å²) in [5.74, 6) is -0.672. The van der Waals surface area contributed by atoms with Crippen LogP contribution in [0.25, 0.3) is 6.08 Å². The van der Waals surface area contributed by atoms with Gasteiger partial charge in [0.15, 0.2) is 0 Å². The fourth-order valence-corrected chi connectivity index (χ4v) is 2.71. The summed E-state index contributed by atoms with van der Waals surface area (Å²) >= 11 is 0. The molecule has 0 atom stereocenters. The van der Waals surface area contributed by atoms with Gasteiger partial charge in [-0.15, -0.1) is 0 Å². The van der Waals surface area contributed by atoms with Crippen LogP contribution in [0.4, 0.5) is 4.39 Å². The lowest BCUT2D eigenvalue weighted by molar-refractivity contribution is -0.117. The molecule has 0 saturated carbocycles. The Hall–Kier alpha value is -2.51. The molecule has 2 rings (SSSR count). The fourth-order valence-electron chi connectivity index (χ4n) is 2.20. The number of primary sulfonamides is 1. The van der Waals surface area contributed by atoms with Crippen molar-refractivity contribution >= 4 is 22.0 Å². The average Bonchev–Trinajstić information content (AvgIpc) is 2.56. The lowest BCUT2D eigenvalue weighted by Crippen LogP contribution is -2.26. The molecule has 0 unspecified atom stereocenters. The number of hydrogen-bond donors (Lipinski definition) is 2. The number of nitrogens with two attached hydrogens (primary N) is 1. The van der Waals surface area contributed by atoms with Gasteiger partial charge in [-0.25, -0.2) is 17.9 Å². The molecular formula is C18H19FN2O3S. The van der Waals surface area contributed by atoms with E-state index in [2.05, 4.69) is 5.32 Å². The summed E-state index contributed by atoms with van der Waals surface area (Å²) in [5.41, 5.74) is 1.62. The van der Waals surface area contributed by atoms with E-state index in [1.165, 1.54) is 24.3 Å². The Balaban J connectivity index is 1.91. The maximum absolute atomic E-state index is 13.6. The van der Waals surface area contributed by atoms with Gasteiger partial charge in [0.1, 0.15) is 5.82 Å². The van der Waals surface area contributed by atoms with Crippen molar-refractivity contribution in [2.75, 3.05) is 6.54 Å². The van der Waals surface area contributed by atoms with Gasteiger partial charge in [0.05, 0.1) is 4.90 Å². The summed E-state index contributed by atoms with van der Waals surface area (Å²) in [7, 11) is -3.71. The zero-order valence-electron chi connectivity index (χ0n) is 13.7. The number of carbonyl (C=O) groups is 1. The van der Waals surface area contributed by atoms with Crippen LogP contribution in [0.2, 0.25) is 0 Å². The number of sulfonamides is 1. The third-order valence-electron chi connectivity index (χ3n) is 3.59. The highest BCUT2D eigenvalue weighted by atomic mass is 32.2. The molecule has 0 aliphatic rings. The Morgan fingerprint density at radius 1 is 1.16 bits per heavy atom. The van der Waals surface area contributed by atoms with Gasteiger partial charge in [0.2, 0.25) is 15.9 Å². The number of nitrogens with one attached hydrogen (secondary N) is 1. The van der Waals surface area contributed by atoms with Gasteiger partial charge in [0, 0.05) is 17.7 Å². The minimum atomic E-state index is -3.71. The van der Waals surface area contributed by atoms with E-state index in [0.29, 0.717) is 24.1 Å². The van der Waals surface area contributed by atoms with Crippen molar-refractivity contribution in [2.24, 2.45) is 5.14 Å². The monoisotopic (exact) mass is 362 g/mol. The van der Waals surface area contributed by atoms with Crippen LogP contribution in [-0.4, -0.2) is 20.9 Å². The molecule has 5 nitrogen and oxygen atoms in total. The summed E-state index contributed by atoms with van der Waals surface area (Å²) < 4.78 is 35.9. The first kappa shape index (κ1) is 18.8. The Labute approximate surface area is 146 Å².